The highest BCUT2D eigenvalue weighted by Gasteiger charge is 2.31. The molecule has 0 spiro atoms. The van der Waals surface area contributed by atoms with E-state index in [4.69, 9.17) is 0 Å². The third-order valence-corrected chi connectivity index (χ3v) is 4.22. The highest BCUT2D eigenvalue weighted by atomic mass is 19.1. The first-order valence-corrected chi connectivity index (χ1v) is 7.98. The van der Waals surface area contributed by atoms with Crippen molar-refractivity contribution in [1.82, 2.24) is 15.0 Å². The second-order valence-electron chi connectivity index (χ2n) is 6.02. The normalized spacial score (nSPS) is 15.4. The summed E-state index contributed by atoms with van der Waals surface area (Å²) in [5, 5.41) is 10.5. The zero-order chi connectivity index (χ0) is 16.5. The molecule has 0 saturated heterocycles. The molecule has 0 bridgehead atoms. The van der Waals surface area contributed by atoms with Gasteiger partial charge in [-0.3, -0.25) is 4.98 Å². The molecule has 1 atom stereocenters. The SMILES string of the molecule is O[C@@H](CN(c1ccc2nccnc2n1)C1CC1)c1ccc(F)cc1. The number of anilines is 1. The molecule has 1 aromatic carbocycles. The minimum Gasteiger partial charge on any atom is -0.387 e. The summed E-state index contributed by atoms with van der Waals surface area (Å²) in [6.07, 6.45) is 4.71. The van der Waals surface area contributed by atoms with Gasteiger partial charge in [-0.05, 0) is 42.7 Å². The van der Waals surface area contributed by atoms with Crippen molar-refractivity contribution in [2.24, 2.45) is 0 Å². The Morgan fingerprint density at radius 2 is 1.83 bits per heavy atom. The number of benzene rings is 1. The number of pyridine rings is 1. The van der Waals surface area contributed by atoms with Crippen molar-refractivity contribution in [3.8, 4) is 0 Å². The molecule has 4 rings (SSSR count). The maximum Gasteiger partial charge on any atom is 0.180 e. The largest absolute Gasteiger partial charge is 0.387 e. The van der Waals surface area contributed by atoms with Gasteiger partial charge < -0.3 is 10.0 Å². The van der Waals surface area contributed by atoms with Crippen LogP contribution in [-0.4, -0.2) is 32.6 Å². The van der Waals surface area contributed by atoms with Gasteiger partial charge in [-0.25, -0.2) is 14.4 Å². The van der Waals surface area contributed by atoms with Crippen molar-refractivity contribution < 1.29 is 9.50 Å². The highest BCUT2D eigenvalue weighted by molar-refractivity contribution is 5.71. The summed E-state index contributed by atoms with van der Waals surface area (Å²) in [7, 11) is 0. The Balaban J connectivity index is 1.60. The van der Waals surface area contributed by atoms with Gasteiger partial charge in [0.1, 0.15) is 17.2 Å². The van der Waals surface area contributed by atoms with E-state index in [1.54, 1.807) is 24.5 Å². The van der Waals surface area contributed by atoms with Gasteiger partial charge in [-0.1, -0.05) is 12.1 Å². The number of nitrogens with zero attached hydrogens (tertiary/aromatic N) is 4. The van der Waals surface area contributed by atoms with Crippen LogP contribution in [0.4, 0.5) is 10.2 Å². The Labute approximate surface area is 138 Å². The van der Waals surface area contributed by atoms with Crippen molar-refractivity contribution in [3.05, 3.63) is 60.2 Å². The maximum atomic E-state index is 13.0. The number of aromatic nitrogens is 3. The number of hydrogen-bond acceptors (Lipinski definition) is 5. The third kappa shape index (κ3) is 3.05. The fraction of sp³-hybridized carbons (Fsp3) is 0.278. The third-order valence-electron chi connectivity index (χ3n) is 4.22. The lowest BCUT2D eigenvalue weighted by Gasteiger charge is -2.26. The number of fused-ring (bicyclic) bond motifs is 1. The molecular weight excluding hydrogens is 307 g/mol. The highest BCUT2D eigenvalue weighted by Crippen LogP contribution is 2.33. The summed E-state index contributed by atoms with van der Waals surface area (Å²) in [4.78, 5) is 15.2. The Hall–Kier alpha value is -2.60. The predicted octanol–water partition coefficient (Wildman–Crippen LogP) is 2.87. The molecule has 0 unspecified atom stereocenters. The molecule has 1 saturated carbocycles. The van der Waals surface area contributed by atoms with Crippen molar-refractivity contribution in [2.75, 3.05) is 11.4 Å². The molecule has 2 aromatic heterocycles. The average molecular weight is 324 g/mol. The topological polar surface area (TPSA) is 62.1 Å². The van der Waals surface area contributed by atoms with Crippen molar-refractivity contribution in [3.63, 3.8) is 0 Å². The number of aliphatic hydroxyl groups is 1. The number of halogens is 1. The first-order chi connectivity index (χ1) is 11.7. The van der Waals surface area contributed by atoms with Crippen LogP contribution >= 0.6 is 0 Å². The minimum absolute atomic E-state index is 0.306. The van der Waals surface area contributed by atoms with Crippen LogP contribution in [0.1, 0.15) is 24.5 Å². The lowest BCUT2D eigenvalue weighted by atomic mass is 10.1. The molecule has 0 aliphatic heterocycles. The number of hydrogen-bond donors (Lipinski definition) is 1. The molecule has 6 heteroatoms. The Morgan fingerprint density at radius 3 is 2.58 bits per heavy atom. The van der Waals surface area contributed by atoms with Crippen LogP contribution in [-0.2, 0) is 0 Å². The fourth-order valence-electron chi connectivity index (χ4n) is 2.80. The Bertz CT molecular complexity index is 851. The van der Waals surface area contributed by atoms with Crippen LogP contribution in [0.5, 0.6) is 0 Å². The van der Waals surface area contributed by atoms with Crippen LogP contribution in [0, 0.1) is 5.82 Å². The van der Waals surface area contributed by atoms with Crippen molar-refractivity contribution in [2.45, 2.75) is 25.0 Å². The summed E-state index contributed by atoms with van der Waals surface area (Å²) >= 11 is 0. The Kier molecular flexibility index (Phi) is 3.82. The first kappa shape index (κ1) is 15.0. The molecule has 1 aliphatic carbocycles. The van der Waals surface area contributed by atoms with Gasteiger partial charge in [0.25, 0.3) is 0 Å². The lowest BCUT2D eigenvalue weighted by Crippen LogP contribution is -2.31. The van der Waals surface area contributed by atoms with Crippen molar-refractivity contribution in [1.29, 1.82) is 0 Å². The zero-order valence-corrected chi connectivity index (χ0v) is 13.0. The summed E-state index contributed by atoms with van der Waals surface area (Å²) in [5.41, 5.74) is 2.04. The molecule has 122 valence electrons. The van der Waals surface area contributed by atoms with Gasteiger partial charge in [0.2, 0.25) is 0 Å². The smallest absolute Gasteiger partial charge is 0.180 e. The second-order valence-corrected chi connectivity index (χ2v) is 6.02. The molecule has 0 radical (unpaired) electrons. The van der Waals surface area contributed by atoms with Gasteiger partial charge in [-0.15, -0.1) is 0 Å². The van der Waals surface area contributed by atoms with E-state index in [2.05, 4.69) is 19.9 Å². The molecule has 1 N–H and O–H groups in total. The van der Waals surface area contributed by atoms with E-state index in [1.807, 2.05) is 12.1 Å². The monoisotopic (exact) mass is 324 g/mol. The molecule has 3 aromatic rings. The molecule has 2 heterocycles. The van der Waals surface area contributed by atoms with Gasteiger partial charge in [0, 0.05) is 25.0 Å². The summed E-state index contributed by atoms with van der Waals surface area (Å²) in [6, 6.07) is 10.1. The van der Waals surface area contributed by atoms with Crippen LogP contribution in [0.3, 0.4) is 0 Å². The predicted molar refractivity (Wildman–Crippen MR) is 89.1 cm³/mol. The van der Waals surface area contributed by atoms with E-state index in [-0.39, 0.29) is 5.82 Å². The van der Waals surface area contributed by atoms with Gasteiger partial charge >= 0.3 is 0 Å². The van der Waals surface area contributed by atoms with E-state index < -0.39 is 6.10 Å². The van der Waals surface area contributed by atoms with Gasteiger partial charge in [0.05, 0.1) is 6.10 Å². The van der Waals surface area contributed by atoms with E-state index >= 15 is 0 Å². The van der Waals surface area contributed by atoms with Gasteiger partial charge in [-0.2, -0.15) is 0 Å². The van der Waals surface area contributed by atoms with E-state index in [0.717, 1.165) is 24.2 Å². The molecule has 1 aliphatic rings. The first-order valence-electron chi connectivity index (χ1n) is 7.98. The summed E-state index contributed by atoms with van der Waals surface area (Å²) in [6.45, 7) is 0.412. The summed E-state index contributed by atoms with van der Waals surface area (Å²) < 4.78 is 13.0. The zero-order valence-electron chi connectivity index (χ0n) is 13.0. The van der Waals surface area contributed by atoms with Crippen LogP contribution in [0.2, 0.25) is 0 Å². The molecule has 5 nitrogen and oxygen atoms in total. The number of rotatable bonds is 5. The summed E-state index contributed by atoms with van der Waals surface area (Å²) in [5.74, 6) is 0.478. The van der Waals surface area contributed by atoms with E-state index in [1.165, 1.54) is 12.1 Å². The lowest BCUT2D eigenvalue weighted by molar-refractivity contribution is 0.182. The fourth-order valence-corrected chi connectivity index (χ4v) is 2.80. The minimum atomic E-state index is -0.703. The van der Waals surface area contributed by atoms with Crippen molar-refractivity contribution >= 4 is 17.0 Å². The van der Waals surface area contributed by atoms with Crippen LogP contribution in [0.15, 0.2) is 48.8 Å². The molecule has 24 heavy (non-hydrogen) atoms. The number of aliphatic hydroxyl groups excluding tert-OH is 1. The second kappa shape index (κ2) is 6.13. The average Bonchev–Trinajstić information content (AvgIpc) is 3.44. The Morgan fingerprint density at radius 1 is 1.08 bits per heavy atom. The van der Waals surface area contributed by atoms with E-state index in [9.17, 15) is 9.50 Å². The van der Waals surface area contributed by atoms with Gasteiger partial charge in [0.15, 0.2) is 5.65 Å². The molecular formula is C18H17FN4O. The standard InChI is InChI=1S/C18H17FN4O/c19-13-3-1-12(2-4-13)16(24)11-23(14-5-6-14)17-8-7-15-18(22-17)21-10-9-20-15/h1-4,7-10,14,16,24H,5-6,11H2/t16-/m0/s1. The van der Waals surface area contributed by atoms with Crippen LogP contribution in [0.25, 0.3) is 11.2 Å². The maximum absolute atomic E-state index is 13.0. The quantitative estimate of drug-likeness (QED) is 0.782. The van der Waals surface area contributed by atoms with Crippen LogP contribution < -0.4 is 4.90 Å². The molecule has 0 amide bonds. The molecule has 1 fully saturated rings. The van der Waals surface area contributed by atoms with E-state index in [0.29, 0.717) is 23.8 Å².